The van der Waals surface area contributed by atoms with E-state index in [0.29, 0.717) is 12.8 Å². The molecule has 0 amide bonds. The Labute approximate surface area is 101 Å². The number of rotatable bonds is 5. The average Bonchev–Trinajstić information content (AvgIpc) is 2.28. The van der Waals surface area contributed by atoms with E-state index >= 15 is 0 Å². The maximum Gasteiger partial charge on any atom is 0.310 e. The van der Waals surface area contributed by atoms with Gasteiger partial charge in [0, 0.05) is 6.54 Å². The topological polar surface area (TPSA) is 107 Å². The lowest BCUT2D eigenvalue weighted by molar-refractivity contribution is -0.150. The highest BCUT2D eigenvalue weighted by Gasteiger charge is 2.40. The van der Waals surface area contributed by atoms with Crippen LogP contribution in [-0.4, -0.2) is 31.8 Å². The Morgan fingerprint density at radius 1 is 1.35 bits per heavy atom. The monoisotopic (exact) mass is 260 g/mol. The van der Waals surface area contributed by atoms with Crippen molar-refractivity contribution in [3.05, 3.63) is 0 Å². The van der Waals surface area contributed by atoms with Gasteiger partial charge in [-0.1, -0.05) is 19.3 Å². The lowest BCUT2D eigenvalue weighted by atomic mass is 9.74. The molecule has 1 aliphatic carbocycles. The molecule has 0 atom stereocenters. The van der Waals surface area contributed by atoms with Crippen molar-refractivity contribution in [3.63, 3.8) is 0 Å². The number of hydrogen-bond acceptors (Lipinski definition) is 4. The third-order valence-corrected chi connectivity index (χ3v) is 4.24. The van der Waals surface area contributed by atoms with Crippen molar-refractivity contribution in [2.45, 2.75) is 32.1 Å². The summed E-state index contributed by atoms with van der Waals surface area (Å²) in [5.74, 6) is -1.60. The van der Waals surface area contributed by atoms with Gasteiger partial charge in [-0.2, -0.15) is 5.26 Å². The molecule has 1 saturated carbocycles. The molecule has 6 nitrogen and oxygen atoms in total. The minimum atomic E-state index is -3.68. The van der Waals surface area contributed by atoms with Crippen LogP contribution >= 0.6 is 0 Å². The summed E-state index contributed by atoms with van der Waals surface area (Å²) < 4.78 is 24.8. The zero-order valence-electron chi connectivity index (χ0n) is 9.48. The maximum absolute atomic E-state index is 11.3. The van der Waals surface area contributed by atoms with Crippen LogP contribution in [0.4, 0.5) is 0 Å². The summed E-state index contributed by atoms with van der Waals surface area (Å²) in [5, 5.41) is 17.5. The van der Waals surface area contributed by atoms with Gasteiger partial charge in [0.2, 0.25) is 10.0 Å². The number of nitrogens with one attached hydrogen (secondary N) is 1. The first-order chi connectivity index (χ1) is 7.92. The van der Waals surface area contributed by atoms with Gasteiger partial charge in [0.05, 0.1) is 11.5 Å². The number of nitrogens with zero attached hydrogens (tertiary/aromatic N) is 1. The molecule has 0 heterocycles. The Morgan fingerprint density at radius 2 is 1.94 bits per heavy atom. The van der Waals surface area contributed by atoms with Gasteiger partial charge in [-0.25, -0.2) is 13.1 Å². The summed E-state index contributed by atoms with van der Waals surface area (Å²) >= 11 is 0. The van der Waals surface area contributed by atoms with Gasteiger partial charge >= 0.3 is 5.97 Å². The van der Waals surface area contributed by atoms with Crippen LogP contribution in [0.5, 0.6) is 0 Å². The highest BCUT2D eigenvalue weighted by atomic mass is 32.2. The molecule has 0 aromatic heterocycles. The molecule has 0 aromatic carbocycles. The van der Waals surface area contributed by atoms with Gasteiger partial charge in [0.1, 0.15) is 0 Å². The van der Waals surface area contributed by atoms with Crippen molar-refractivity contribution in [2.24, 2.45) is 5.41 Å². The molecule has 7 heteroatoms. The van der Waals surface area contributed by atoms with E-state index in [1.54, 1.807) is 0 Å². The van der Waals surface area contributed by atoms with Gasteiger partial charge in [0.15, 0.2) is 5.75 Å². The van der Waals surface area contributed by atoms with E-state index < -0.39 is 27.2 Å². The molecule has 0 bridgehead atoms. The Kier molecular flexibility index (Phi) is 4.48. The van der Waals surface area contributed by atoms with Crippen LogP contribution in [0.2, 0.25) is 0 Å². The van der Waals surface area contributed by atoms with Crippen molar-refractivity contribution >= 4 is 16.0 Å². The van der Waals surface area contributed by atoms with Gasteiger partial charge in [0.25, 0.3) is 0 Å². The van der Waals surface area contributed by atoms with Crippen LogP contribution in [0.3, 0.4) is 0 Å². The Hall–Kier alpha value is -1.13. The van der Waals surface area contributed by atoms with E-state index in [0.717, 1.165) is 19.3 Å². The second-order valence-corrected chi connectivity index (χ2v) is 6.19. The van der Waals surface area contributed by atoms with E-state index in [9.17, 15) is 18.3 Å². The van der Waals surface area contributed by atoms with Gasteiger partial charge < -0.3 is 5.11 Å². The first-order valence-electron chi connectivity index (χ1n) is 5.50. The minimum absolute atomic E-state index is 0.119. The molecule has 1 aliphatic rings. The fourth-order valence-corrected chi connectivity index (χ4v) is 2.85. The number of aliphatic carboxylic acids is 1. The Morgan fingerprint density at radius 3 is 2.41 bits per heavy atom. The molecule has 0 aromatic rings. The molecule has 1 fully saturated rings. The largest absolute Gasteiger partial charge is 0.481 e. The number of sulfonamides is 1. The second-order valence-electron chi connectivity index (χ2n) is 4.38. The van der Waals surface area contributed by atoms with Crippen LogP contribution in [-0.2, 0) is 14.8 Å². The summed E-state index contributed by atoms with van der Waals surface area (Å²) in [6.07, 6.45) is 3.55. The number of nitriles is 1. The van der Waals surface area contributed by atoms with Crippen molar-refractivity contribution in [1.82, 2.24) is 4.72 Å². The van der Waals surface area contributed by atoms with Crippen LogP contribution < -0.4 is 4.72 Å². The third kappa shape index (κ3) is 3.68. The molecule has 0 radical (unpaired) electrons. The zero-order valence-corrected chi connectivity index (χ0v) is 10.3. The maximum atomic E-state index is 11.3. The van der Waals surface area contributed by atoms with Crippen LogP contribution in [0.1, 0.15) is 32.1 Å². The molecule has 1 rings (SSSR count). The van der Waals surface area contributed by atoms with Crippen LogP contribution in [0, 0.1) is 16.7 Å². The van der Waals surface area contributed by atoms with Crippen LogP contribution in [0.15, 0.2) is 0 Å². The average molecular weight is 260 g/mol. The number of hydrogen-bond donors (Lipinski definition) is 2. The number of carboxylic acid groups (broad SMARTS) is 1. The fourth-order valence-electron chi connectivity index (χ4n) is 2.08. The first-order valence-corrected chi connectivity index (χ1v) is 7.15. The molecule has 96 valence electrons. The highest BCUT2D eigenvalue weighted by Crippen LogP contribution is 2.36. The molecule has 0 unspecified atom stereocenters. The smallest absolute Gasteiger partial charge is 0.310 e. The summed E-state index contributed by atoms with van der Waals surface area (Å²) in [7, 11) is -3.68. The van der Waals surface area contributed by atoms with E-state index in [-0.39, 0.29) is 6.54 Å². The van der Waals surface area contributed by atoms with E-state index in [1.165, 1.54) is 6.07 Å². The van der Waals surface area contributed by atoms with E-state index in [2.05, 4.69) is 4.72 Å². The third-order valence-electron chi connectivity index (χ3n) is 3.15. The molecular weight excluding hydrogens is 244 g/mol. The molecule has 2 N–H and O–H groups in total. The van der Waals surface area contributed by atoms with Crippen molar-refractivity contribution < 1.29 is 18.3 Å². The lowest BCUT2D eigenvalue weighted by Crippen LogP contribution is -2.44. The van der Waals surface area contributed by atoms with E-state index in [4.69, 9.17) is 5.26 Å². The fraction of sp³-hybridized carbons (Fsp3) is 0.800. The molecule has 0 saturated heterocycles. The first kappa shape index (κ1) is 13.9. The molecule has 0 aliphatic heterocycles. The summed E-state index contributed by atoms with van der Waals surface area (Å²) in [6.45, 7) is -0.119. The van der Waals surface area contributed by atoms with Gasteiger partial charge in [-0.15, -0.1) is 0 Å². The molecule has 17 heavy (non-hydrogen) atoms. The van der Waals surface area contributed by atoms with Crippen molar-refractivity contribution in [2.75, 3.05) is 12.3 Å². The zero-order chi connectivity index (χ0) is 12.9. The standard InChI is InChI=1S/C10H16N2O4S/c11-6-7-17(15,16)12-8-10(9(13)14)4-2-1-3-5-10/h12H,1-5,7-8H2,(H,13,14). The second kappa shape index (κ2) is 5.47. The normalized spacial score (nSPS) is 19.5. The van der Waals surface area contributed by atoms with E-state index in [1.807, 2.05) is 0 Å². The molecule has 0 spiro atoms. The number of carboxylic acids is 1. The quantitative estimate of drug-likeness (QED) is 0.747. The summed E-state index contributed by atoms with van der Waals surface area (Å²) in [4.78, 5) is 11.3. The van der Waals surface area contributed by atoms with Gasteiger partial charge in [-0.05, 0) is 12.8 Å². The SMILES string of the molecule is N#CCS(=O)(=O)NCC1(C(=O)O)CCCCC1. The number of carbonyl (C=O) groups is 1. The van der Waals surface area contributed by atoms with Crippen LogP contribution in [0.25, 0.3) is 0 Å². The predicted octanol–water partition coefficient (Wildman–Crippen LogP) is 0.464. The lowest BCUT2D eigenvalue weighted by Gasteiger charge is -2.32. The Bertz CT molecular complexity index is 418. The van der Waals surface area contributed by atoms with Gasteiger partial charge in [-0.3, -0.25) is 4.79 Å². The van der Waals surface area contributed by atoms with Crippen molar-refractivity contribution in [3.8, 4) is 6.07 Å². The minimum Gasteiger partial charge on any atom is -0.481 e. The predicted molar refractivity (Wildman–Crippen MR) is 60.6 cm³/mol. The molecular formula is C10H16N2O4S. The summed E-state index contributed by atoms with van der Waals surface area (Å²) in [5.41, 5.74) is -0.999. The highest BCUT2D eigenvalue weighted by molar-refractivity contribution is 7.89. The Balaban J connectivity index is 2.69. The van der Waals surface area contributed by atoms with Crippen molar-refractivity contribution in [1.29, 1.82) is 5.26 Å². The summed E-state index contributed by atoms with van der Waals surface area (Å²) in [6, 6.07) is 1.54.